The first-order chi connectivity index (χ1) is 12.5. The molecule has 1 heterocycles. The molecule has 0 aliphatic carbocycles. The topological polar surface area (TPSA) is 74.6 Å². The van der Waals surface area contributed by atoms with Crippen molar-refractivity contribution >= 4 is 51.8 Å². The number of nitrogens with zero attached hydrogens (tertiary/aromatic N) is 4. The Hall–Kier alpha value is -1.62. The molecule has 1 aromatic heterocycles. The van der Waals surface area contributed by atoms with Gasteiger partial charge in [0.2, 0.25) is 5.91 Å². The molecular weight excluding hydrogens is 523 g/mol. The van der Waals surface area contributed by atoms with Crippen molar-refractivity contribution in [3.05, 3.63) is 52.8 Å². The highest BCUT2D eigenvalue weighted by Crippen LogP contribution is 2.11. The highest BCUT2D eigenvalue weighted by atomic mass is 127. The summed E-state index contributed by atoms with van der Waals surface area (Å²) in [6.07, 6.45) is 4.62. The van der Waals surface area contributed by atoms with E-state index in [4.69, 9.17) is 0 Å². The van der Waals surface area contributed by atoms with Crippen LogP contribution in [0.2, 0.25) is 0 Å². The molecule has 9 heteroatoms. The van der Waals surface area contributed by atoms with E-state index >= 15 is 0 Å². The lowest BCUT2D eigenvalue weighted by atomic mass is 10.2. The third-order valence-electron chi connectivity index (χ3n) is 3.65. The maximum atomic E-state index is 11.8. The first-order valence-electron chi connectivity index (χ1n) is 8.49. The third kappa shape index (κ3) is 9.23. The summed E-state index contributed by atoms with van der Waals surface area (Å²) in [6.45, 7) is 2.31. The number of halogens is 2. The van der Waals surface area contributed by atoms with Crippen LogP contribution in [0.3, 0.4) is 0 Å². The van der Waals surface area contributed by atoms with E-state index < -0.39 is 0 Å². The number of aromatic nitrogens is 2. The molecule has 0 aliphatic heterocycles. The van der Waals surface area contributed by atoms with Crippen molar-refractivity contribution in [1.82, 2.24) is 25.3 Å². The van der Waals surface area contributed by atoms with E-state index in [9.17, 15) is 4.79 Å². The van der Waals surface area contributed by atoms with Crippen LogP contribution in [0.5, 0.6) is 0 Å². The summed E-state index contributed by atoms with van der Waals surface area (Å²) in [5.41, 5.74) is 1.10. The van der Waals surface area contributed by atoms with Crippen molar-refractivity contribution in [3.8, 4) is 0 Å². The minimum Gasteiger partial charge on any atom is -0.356 e. The predicted molar refractivity (Wildman–Crippen MR) is 122 cm³/mol. The molecule has 1 amide bonds. The molecule has 0 saturated carbocycles. The lowest BCUT2D eigenvalue weighted by Gasteiger charge is -2.15. The summed E-state index contributed by atoms with van der Waals surface area (Å²) >= 11 is 3.43. The van der Waals surface area contributed by atoms with E-state index in [2.05, 4.69) is 36.7 Å². The number of aliphatic imine (C=N–C) groups is 1. The van der Waals surface area contributed by atoms with Crippen LogP contribution in [-0.4, -0.2) is 53.7 Å². The van der Waals surface area contributed by atoms with Crippen LogP contribution in [0.25, 0.3) is 0 Å². The summed E-state index contributed by atoms with van der Waals surface area (Å²) in [6, 6.07) is 9.94. The second kappa shape index (κ2) is 12.7. The molecule has 2 rings (SSSR count). The van der Waals surface area contributed by atoms with Crippen molar-refractivity contribution in [3.63, 3.8) is 0 Å². The molecule has 0 fully saturated rings. The van der Waals surface area contributed by atoms with Crippen LogP contribution < -0.4 is 10.6 Å². The van der Waals surface area contributed by atoms with Gasteiger partial charge in [0.05, 0.1) is 13.1 Å². The quantitative estimate of drug-likeness (QED) is 0.230. The maximum absolute atomic E-state index is 11.8. The molecule has 2 aromatic rings. The van der Waals surface area contributed by atoms with Crippen molar-refractivity contribution in [1.29, 1.82) is 0 Å². The number of carbonyl (C=O) groups is 1. The highest BCUT2D eigenvalue weighted by Gasteiger charge is 2.06. The van der Waals surface area contributed by atoms with Crippen molar-refractivity contribution in [2.45, 2.75) is 19.5 Å². The Morgan fingerprint density at radius 1 is 1.26 bits per heavy atom. The van der Waals surface area contributed by atoms with Crippen molar-refractivity contribution in [2.75, 3.05) is 27.2 Å². The number of hydrogen-bond donors (Lipinski definition) is 2. The molecule has 27 heavy (non-hydrogen) atoms. The largest absolute Gasteiger partial charge is 0.356 e. The molecule has 0 aliphatic rings. The number of carbonyl (C=O) groups excluding carboxylic acids is 1. The van der Waals surface area contributed by atoms with Gasteiger partial charge in [-0.25, -0.2) is 4.99 Å². The standard InChI is InChI=1S/C18H25BrN6O.HI/c1-24(2)17(26)14-22-18(20-9-3-11-25-12-4-10-23-25)21-13-15-5-7-16(19)8-6-15;/h4-8,10,12H,3,9,11,13-14H2,1-2H3,(H2,20,21,22);1H. The van der Waals surface area contributed by atoms with Crippen LogP contribution in [0, 0.1) is 0 Å². The average Bonchev–Trinajstić information content (AvgIpc) is 3.14. The van der Waals surface area contributed by atoms with Gasteiger partial charge in [0.25, 0.3) is 0 Å². The van der Waals surface area contributed by atoms with E-state index in [1.807, 2.05) is 41.2 Å². The first-order valence-corrected chi connectivity index (χ1v) is 9.28. The number of hydrogen-bond acceptors (Lipinski definition) is 3. The highest BCUT2D eigenvalue weighted by molar-refractivity contribution is 14.0. The summed E-state index contributed by atoms with van der Waals surface area (Å²) < 4.78 is 2.93. The van der Waals surface area contributed by atoms with Gasteiger partial charge >= 0.3 is 0 Å². The maximum Gasteiger partial charge on any atom is 0.241 e. The normalized spacial score (nSPS) is 10.9. The number of likely N-dealkylation sites (N-methyl/N-ethyl adjacent to an activating group) is 1. The Kier molecular flexibility index (Phi) is 11.0. The van der Waals surface area contributed by atoms with Crippen LogP contribution in [0.4, 0.5) is 0 Å². The zero-order valence-corrected chi connectivity index (χ0v) is 19.5. The Morgan fingerprint density at radius 2 is 2.00 bits per heavy atom. The average molecular weight is 549 g/mol. The van der Waals surface area contributed by atoms with Gasteiger partial charge in [-0.1, -0.05) is 28.1 Å². The number of rotatable bonds is 8. The molecule has 0 spiro atoms. The fourth-order valence-corrected chi connectivity index (χ4v) is 2.40. The van der Waals surface area contributed by atoms with Gasteiger partial charge in [-0.15, -0.1) is 24.0 Å². The molecule has 7 nitrogen and oxygen atoms in total. The second-order valence-electron chi connectivity index (χ2n) is 5.98. The fraction of sp³-hybridized carbons (Fsp3) is 0.389. The molecule has 0 saturated heterocycles. The molecule has 0 unspecified atom stereocenters. The van der Waals surface area contributed by atoms with Crippen LogP contribution >= 0.6 is 39.9 Å². The number of amides is 1. The van der Waals surface area contributed by atoms with E-state index in [-0.39, 0.29) is 36.4 Å². The predicted octanol–water partition coefficient (Wildman–Crippen LogP) is 2.48. The molecule has 2 N–H and O–H groups in total. The van der Waals surface area contributed by atoms with E-state index in [1.165, 1.54) is 0 Å². The fourth-order valence-electron chi connectivity index (χ4n) is 2.13. The van der Waals surface area contributed by atoms with E-state index in [0.717, 1.165) is 29.5 Å². The SMILES string of the molecule is CN(C)C(=O)CNC(=NCc1ccc(Br)cc1)NCCCn1cccn1.I. The Bertz CT molecular complexity index is 703. The smallest absolute Gasteiger partial charge is 0.241 e. The van der Waals surface area contributed by atoms with Crippen LogP contribution in [0.1, 0.15) is 12.0 Å². The van der Waals surface area contributed by atoms with Crippen LogP contribution in [0.15, 0.2) is 52.2 Å². The Labute approximate surface area is 185 Å². The number of nitrogens with one attached hydrogen (secondary N) is 2. The van der Waals surface area contributed by atoms with Gasteiger partial charge in [-0.2, -0.15) is 5.10 Å². The van der Waals surface area contributed by atoms with Crippen LogP contribution in [-0.2, 0) is 17.9 Å². The molecular formula is C18H26BrIN6O. The van der Waals surface area contributed by atoms with E-state index in [0.29, 0.717) is 12.5 Å². The van der Waals surface area contributed by atoms with Gasteiger partial charge < -0.3 is 15.5 Å². The number of benzene rings is 1. The lowest BCUT2D eigenvalue weighted by molar-refractivity contribution is -0.127. The molecule has 148 valence electrons. The van der Waals surface area contributed by atoms with Crippen molar-refractivity contribution < 1.29 is 4.79 Å². The van der Waals surface area contributed by atoms with Crippen molar-refractivity contribution in [2.24, 2.45) is 4.99 Å². The Morgan fingerprint density at radius 3 is 2.63 bits per heavy atom. The summed E-state index contributed by atoms with van der Waals surface area (Å²) in [5, 5.41) is 10.6. The zero-order chi connectivity index (χ0) is 18.8. The summed E-state index contributed by atoms with van der Waals surface area (Å²) in [4.78, 5) is 17.9. The molecule has 0 bridgehead atoms. The van der Waals surface area contributed by atoms with Gasteiger partial charge in [0, 0.05) is 44.1 Å². The minimum atomic E-state index is -0.000294. The van der Waals surface area contributed by atoms with E-state index in [1.54, 1.807) is 25.2 Å². The second-order valence-corrected chi connectivity index (χ2v) is 6.90. The molecule has 0 atom stereocenters. The minimum absolute atomic E-state index is 0. The van der Waals surface area contributed by atoms with Gasteiger partial charge in [0.15, 0.2) is 5.96 Å². The Balaban J connectivity index is 0.00000364. The monoisotopic (exact) mass is 548 g/mol. The molecule has 0 radical (unpaired) electrons. The lowest BCUT2D eigenvalue weighted by Crippen LogP contribution is -2.43. The van der Waals surface area contributed by atoms with Gasteiger partial charge in [0.1, 0.15) is 0 Å². The summed E-state index contributed by atoms with van der Waals surface area (Å²) in [5.74, 6) is 0.628. The number of aryl methyl sites for hydroxylation is 1. The number of guanidine groups is 1. The molecule has 1 aromatic carbocycles. The summed E-state index contributed by atoms with van der Waals surface area (Å²) in [7, 11) is 3.47. The zero-order valence-electron chi connectivity index (χ0n) is 15.6. The third-order valence-corrected chi connectivity index (χ3v) is 4.18. The van der Waals surface area contributed by atoms with Gasteiger partial charge in [-0.3, -0.25) is 9.48 Å². The first kappa shape index (κ1) is 23.4. The van der Waals surface area contributed by atoms with Gasteiger partial charge in [-0.05, 0) is 30.2 Å².